The van der Waals surface area contributed by atoms with Gasteiger partial charge in [-0.05, 0) is 19.1 Å². The number of carbonyl (C=O) groups is 1. The Bertz CT molecular complexity index is 636. The second kappa shape index (κ2) is 4.89. The Morgan fingerprint density at radius 3 is 2.70 bits per heavy atom. The van der Waals surface area contributed by atoms with E-state index in [1.807, 2.05) is 0 Å². The van der Waals surface area contributed by atoms with Crippen molar-refractivity contribution in [3.63, 3.8) is 0 Å². The van der Waals surface area contributed by atoms with Crippen molar-refractivity contribution in [2.24, 2.45) is 11.1 Å². The fourth-order valence-corrected chi connectivity index (χ4v) is 3.34. The zero-order valence-electron chi connectivity index (χ0n) is 10.9. The lowest BCUT2D eigenvalue weighted by molar-refractivity contribution is -0.140. The minimum absolute atomic E-state index is 0.0211. The molecule has 0 amide bonds. The number of aliphatic carboxylic acids is 1. The van der Waals surface area contributed by atoms with Gasteiger partial charge >= 0.3 is 5.97 Å². The van der Waals surface area contributed by atoms with E-state index in [4.69, 9.17) is 16.4 Å². The molecule has 20 heavy (non-hydrogen) atoms. The van der Waals surface area contributed by atoms with E-state index >= 15 is 0 Å². The van der Waals surface area contributed by atoms with E-state index in [0.29, 0.717) is 12.1 Å². The molecule has 2 rings (SSSR count). The SMILES string of the molecule is CC1CC(C2(Cl)C=C(S(C)(=O)=O)C=CC2C(=O)O)=NO1. The molecule has 0 fully saturated rings. The van der Waals surface area contributed by atoms with Crippen LogP contribution in [0.3, 0.4) is 0 Å². The molecule has 0 saturated carbocycles. The summed E-state index contributed by atoms with van der Waals surface area (Å²) in [4.78, 5) is 14.8. The summed E-state index contributed by atoms with van der Waals surface area (Å²) in [6.45, 7) is 1.77. The van der Waals surface area contributed by atoms with Crippen molar-refractivity contribution in [3.8, 4) is 0 Å². The summed E-state index contributed by atoms with van der Waals surface area (Å²) in [7, 11) is -3.49. The summed E-state index contributed by atoms with van der Waals surface area (Å²) >= 11 is 6.42. The van der Waals surface area contributed by atoms with Gasteiger partial charge in [0.1, 0.15) is 16.9 Å². The third kappa shape index (κ3) is 2.60. The second-order valence-electron chi connectivity index (χ2n) is 4.92. The minimum atomic E-state index is -3.49. The van der Waals surface area contributed by atoms with Crippen LogP contribution in [0.25, 0.3) is 0 Å². The van der Waals surface area contributed by atoms with Gasteiger partial charge in [-0.3, -0.25) is 4.79 Å². The smallest absolute Gasteiger partial charge is 0.312 e. The summed E-state index contributed by atoms with van der Waals surface area (Å²) in [5, 5.41) is 13.1. The number of oxime groups is 1. The number of hydrogen-bond acceptors (Lipinski definition) is 5. The van der Waals surface area contributed by atoms with Crippen molar-refractivity contribution in [2.45, 2.75) is 24.3 Å². The predicted octanol–water partition coefficient (Wildman–Crippen LogP) is 1.33. The molecule has 8 heteroatoms. The Morgan fingerprint density at radius 2 is 2.25 bits per heavy atom. The Labute approximate surface area is 121 Å². The van der Waals surface area contributed by atoms with Crippen LogP contribution in [0.15, 0.2) is 28.3 Å². The normalized spacial score (nSPS) is 33.4. The molecule has 110 valence electrons. The Hall–Kier alpha value is -1.34. The van der Waals surface area contributed by atoms with E-state index in [9.17, 15) is 18.3 Å². The molecule has 0 aromatic heterocycles. The first-order chi connectivity index (χ1) is 9.14. The summed E-state index contributed by atoms with van der Waals surface area (Å²) < 4.78 is 23.3. The molecule has 0 aromatic carbocycles. The molecule has 0 aromatic rings. The van der Waals surface area contributed by atoms with E-state index in [-0.39, 0.29) is 11.0 Å². The van der Waals surface area contributed by atoms with Crippen molar-refractivity contribution >= 4 is 33.1 Å². The first-order valence-corrected chi connectivity index (χ1v) is 8.17. The molecule has 3 unspecified atom stereocenters. The molecule has 0 spiro atoms. The van der Waals surface area contributed by atoms with Crippen molar-refractivity contribution in [2.75, 3.05) is 6.26 Å². The third-order valence-corrected chi connectivity index (χ3v) is 4.89. The van der Waals surface area contributed by atoms with Crippen molar-refractivity contribution in [1.29, 1.82) is 0 Å². The molecule has 1 aliphatic carbocycles. The van der Waals surface area contributed by atoms with Crippen LogP contribution in [0.5, 0.6) is 0 Å². The van der Waals surface area contributed by atoms with Crippen LogP contribution in [-0.4, -0.2) is 42.4 Å². The lowest BCUT2D eigenvalue weighted by Crippen LogP contribution is -2.43. The highest BCUT2D eigenvalue weighted by molar-refractivity contribution is 7.94. The van der Waals surface area contributed by atoms with E-state index in [1.54, 1.807) is 6.92 Å². The summed E-state index contributed by atoms with van der Waals surface area (Å²) in [6, 6.07) is 0. The second-order valence-corrected chi connectivity index (χ2v) is 7.56. The quantitative estimate of drug-likeness (QED) is 0.792. The van der Waals surface area contributed by atoms with Crippen LogP contribution in [0.2, 0.25) is 0 Å². The molecule has 0 saturated heterocycles. The number of hydrogen-bond donors (Lipinski definition) is 1. The van der Waals surface area contributed by atoms with Gasteiger partial charge in [-0.2, -0.15) is 0 Å². The standard InChI is InChI=1S/C12H14ClNO5S/c1-7-5-10(14-19-7)12(13)6-8(20(2,17)18)3-4-9(12)11(15)16/h3-4,6-7,9H,5H2,1-2H3,(H,15,16). The van der Waals surface area contributed by atoms with Gasteiger partial charge in [-0.1, -0.05) is 11.2 Å². The highest BCUT2D eigenvalue weighted by Crippen LogP contribution is 2.39. The Balaban J connectivity index is 2.51. The predicted molar refractivity (Wildman–Crippen MR) is 74.4 cm³/mol. The van der Waals surface area contributed by atoms with Gasteiger partial charge in [0.05, 0.1) is 10.6 Å². The van der Waals surface area contributed by atoms with Crippen molar-refractivity contribution in [3.05, 3.63) is 23.1 Å². The molecule has 1 N–H and O–H groups in total. The van der Waals surface area contributed by atoms with Crippen LogP contribution < -0.4 is 0 Å². The van der Waals surface area contributed by atoms with Crippen LogP contribution in [0.4, 0.5) is 0 Å². The van der Waals surface area contributed by atoms with Gasteiger partial charge in [-0.25, -0.2) is 8.42 Å². The monoisotopic (exact) mass is 319 g/mol. The summed E-state index contributed by atoms with van der Waals surface area (Å²) in [6.07, 6.45) is 4.96. The minimum Gasteiger partial charge on any atom is -0.481 e. The maximum Gasteiger partial charge on any atom is 0.312 e. The molecule has 3 atom stereocenters. The van der Waals surface area contributed by atoms with Gasteiger partial charge in [0.2, 0.25) is 0 Å². The van der Waals surface area contributed by atoms with Gasteiger partial charge in [0.15, 0.2) is 9.84 Å². The van der Waals surface area contributed by atoms with E-state index in [2.05, 4.69) is 5.16 Å². The lowest BCUT2D eigenvalue weighted by Gasteiger charge is -2.30. The number of alkyl halides is 1. The molecular weight excluding hydrogens is 306 g/mol. The van der Waals surface area contributed by atoms with Crippen LogP contribution in [-0.2, 0) is 19.5 Å². The molecular formula is C12H14ClNO5S. The molecule has 1 heterocycles. The third-order valence-electron chi connectivity index (χ3n) is 3.22. The van der Waals surface area contributed by atoms with Gasteiger partial charge < -0.3 is 9.94 Å². The van der Waals surface area contributed by atoms with Crippen LogP contribution in [0, 0.1) is 5.92 Å². The van der Waals surface area contributed by atoms with Gasteiger partial charge in [0, 0.05) is 12.7 Å². The number of sulfone groups is 1. The zero-order valence-corrected chi connectivity index (χ0v) is 12.5. The molecule has 0 bridgehead atoms. The largest absolute Gasteiger partial charge is 0.481 e. The first kappa shape index (κ1) is 15.1. The lowest BCUT2D eigenvalue weighted by atomic mass is 9.82. The first-order valence-electron chi connectivity index (χ1n) is 5.90. The van der Waals surface area contributed by atoms with E-state index in [1.165, 1.54) is 18.2 Å². The van der Waals surface area contributed by atoms with Crippen molar-refractivity contribution in [1.82, 2.24) is 0 Å². The van der Waals surface area contributed by atoms with Gasteiger partial charge in [-0.15, -0.1) is 11.6 Å². The van der Waals surface area contributed by atoms with E-state index in [0.717, 1.165) is 6.26 Å². The average Bonchev–Trinajstić information content (AvgIpc) is 2.74. The molecule has 0 radical (unpaired) electrons. The van der Waals surface area contributed by atoms with Crippen LogP contribution >= 0.6 is 11.6 Å². The summed E-state index contributed by atoms with van der Waals surface area (Å²) in [5.74, 6) is -2.25. The molecule has 1 aliphatic heterocycles. The number of halogens is 1. The fourth-order valence-electron chi connectivity index (χ4n) is 2.16. The van der Waals surface area contributed by atoms with Crippen LogP contribution in [0.1, 0.15) is 13.3 Å². The highest BCUT2D eigenvalue weighted by Gasteiger charge is 2.47. The number of allylic oxidation sites excluding steroid dienone is 2. The topological polar surface area (TPSA) is 93.0 Å². The Morgan fingerprint density at radius 1 is 1.60 bits per heavy atom. The van der Waals surface area contributed by atoms with Gasteiger partial charge in [0.25, 0.3) is 0 Å². The highest BCUT2D eigenvalue weighted by atomic mass is 35.5. The summed E-state index contributed by atoms with van der Waals surface area (Å²) in [5.41, 5.74) is 0.324. The average molecular weight is 320 g/mol. The maximum absolute atomic E-state index is 11.6. The fraction of sp³-hybridized carbons (Fsp3) is 0.500. The van der Waals surface area contributed by atoms with E-state index < -0.39 is 26.6 Å². The number of nitrogens with zero attached hydrogens (tertiary/aromatic N) is 1. The zero-order chi connectivity index (χ0) is 15.1. The number of rotatable bonds is 3. The number of carboxylic acids is 1. The molecule has 6 nitrogen and oxygen atoms in total. The number of carboxylic acid groups (broad SMARTS) is 1. The molecule has 2 aliphatic rings. The Kier molecular flexibility index (Phi) is 3.68. The van der Waals surface area contributed by atoms with Crippen molar-refractivity contribution < 1.29 is 23.2 Å². The maximum atomic E-state index is 11.6.